The molecule has 0 aromatic carbocycles. The molecule has 1 N–H and O–H groups in total. The van der Waals surface area contributed by atoms with Crippen LogP contribution in [0, 0.1) is 10.8 Å². The molecule has 3 fully saturated rings. The van der Waals surface area contributed by atoms with Gasteiger partial charge >= 0.3 is 17.9 Å². The molecule has 0 aromatic rings. The normalized spacial score (nSPS) is 46.1. The smallest absolute Gasteiger partial charge is 0.331 e. The lowest BCUT2D eigenvalue weighted by Gasteiger charge is -2.58. The van der Waals surface area contributed by atoms with Crippen LogP contribution in [0.15, 0.2) is 47.6 Å². The van der Waals surface area contributed by atoms with Crippen LogP contribution in [0.5, 0.6) is 0 Å². The van der Waals surface area contributed by atoms with Crippen molar-refractivity contribution < 1.29 is 43.2 Å². The van der Waals surface area contributed by atoms with Gasteiger partial charge in [-0.25, -0.2) is 14.4 Å². The Kier molecular flexibility index (Phi) is 6.21. The van der Waals surface area contributed by atoms with Crippen LogP contribution in [-0.2, 0) is 38.1 Å². The first-order valence-electron chi connectivity index (χ1n) is 12.3. The molecule has 5 aliphatic rings. The minimum Gasteiger partial charge on any atom is -0.462 e. The summed E-state index contributed by atoms with van der Waals surface area (Å²) < 4.78 is 29.3. The third kappa shape index (κ3) is 3.76. The van der Waals surface area contributed by atoms with E-state index in [1.807, 2.05) is 19.9 Å². The molecule has 5 rings (SSSR count). The minimum absolute atomic E-state index is 0.00667. The van der Waals surface area contributed by atoms with Crippen molar-refractivity contribution in [2.75, 3.05) is 19.8 Å². The van der Waals surface area contributed by atoms with E-state index in [0.29, 0.717) is 25.0 Å². The summed E-state index contributed by atoms with van der Waals surface area (Å²) in [6.45, 7) is 6.21. The van der Waals surface area contributed by atoms with Crippen LogP contribution < -0.4 is 0 Å². The summed E-state index contributed by atoms with van der Waals surface area (Å²) in [5.74, 6) is -1.77. The predicted octanol–water partition coefficient (Wildman–Crippen LogP) is 2.09. The fourth-order valence-corrected chi connectivity index (χ4v) is 6.50. The molecule has 0 amide bonds. The van der Waals surface area contributed by atoms with E-state index in [1.165, 1.54) is 30.4 Å². The summed E-state index contributed by atoms with van der Waals surface area (Å²) in [5, 5.41) is 11.3. The zero-order chi connectivity index (χ0) is 25.7. The fraction of sp³-hybridized carbons (Fsp3) is 0.593. The number of hydrogen-bond donors (Lipinski definition) is 1. The Morgan fingerprint density at radius 2 is 1.64 bits per heavy atom. The first kappa shape index (κ1) is 24.9. The number of esters is 3. The molecule has 7 unspecified atom stereocenters. The average molecular weight is 501 g/mol. The van der Waals surface area contributed by atoms with E-state index in [1.54, 1.807) is 6.92 Å². The molecule has 3 aliphatic heterocycles. The van der Waals surface area contributed by atoms with Crippen molar-refractivity contribution in [3.8, 4) is 0 Å². The molecule has 2 aliphatic carbocycles. The van der Waals surface area contributed by atoms with Gasteiger partial charge in [-0.15, -0.1) is 0 Å². The Hall–Kier alpha value is -2.75. The number of epoxide rings is 1. The van der Waals surface area contributed by atoms with Gasteiger partial charge in [-0.3, -0.25) is 0 Å². The van der Waals surface area contributed by atoms with Gasteiger partial charge in [-0.05, 0) is 26.7 Å². The van der Waals surface area contributed by atoms with Gasteiger partial charge in [0.05, 0.1) is 24.7 Å². The Labute approximate surface area is 209 Å². The first-order valence-corrected chi connectivity index (χ1v) is 12.3. The van der Waals surface area contributed by atoms with E-state index in [0.717, 1.165) is 12.0 Å². The zero-order valence-corrected chi connectivity index (χ0v) is 20.7. The van der Waals surface area contributed by atoms with Gasteiger partial charge in [0.15, 0.2) is 0 Å². The van der Waals surface area contributed by atoms with Crippen molar-refractivity contribution in [2.24, 2.45) is 10.8 Å². The fourth-order valence-electron chi connectivity index (χ4n) is 6.50. The summed E-state index contributed by atoms with van der Waals surface area (Å²) in [6, 6.07) is 0. The number of aliphatic hydroxyl groups is 1. The van der Waals surface area contributed by atoms with Gasteiger partial charge < -0.3 is 28.8 Å². The van der Waals surface area contributed by atoms with Crippen molar-refractivity contribution in [3.63, 3.8) is 0 Å². The third-order valence-electron chi connectivity index (χ3n) is 8.65. The third-order valence-corrected chi connectivity index (χ3v) is 8.65. The average Bonchev–Trinajstić information content (AvgIpc) is 3.61. The minimum atomic E-state index is -1.13. The van der Waals surface area contributed by atoms with Crippen molar-refractivity contribution >= 4 is 17.9 Å². The summed E-state index contributed by atoms with van der Waals surface area (Å²) in [6.07, 6.45) is 7.09. The summed E-state index contributed by atoms with van der Waals surface area (Å²) in [7, 11) is 0. The van der Waals surface area contributed by atoms with E-state index < -0.39 is 58.8 Å². The second-order valence-corrected chi connectivity index (χ2v) is 10.6. The van der Waals surface area contributed by atoms with Gasteiger partial charge in [-0.2, -0.15) is 0 Å². The molecule has 3 heterocycles. The van der Waals surface area contributed by atoms with Crippen molar-refractivity contribution in [1.82, 2.24) is 0 Å². The number of rotatable bonds is 0. The van der Waals surface area contributed by atoms with Crippen LogP contribution >= 0.6 is 0 Å². The Bertz CT molecular complexity index is 1080. The quantitative estimate of drug-likeness (QED) is 0.231. The molecule has 7 atom stereocenters. The second kappa shape index (κ2) is 8.97. The highest BCUT2D eigenvalue weighted by Gasteiger charge is 2.85. The maximum Gasteiger partial charge on any atom is 0.331 e. The topological polar surface area (TPSA) is 121 Å². The van der Waals surface area contributed by atoms with E-state index in [-0.39, 0.29) is 13.2 Å². The number of hydrogen-bond acceptors (Lipinski definition) is 9. The lowest BCUT2D eigenvalue weighted by atomic mass is 9.51. The summed E-state index contributed by atoms with van der Waals surface area (Å²) in [5.41, 5.74) is -0.668. The highest BCUT2D eigenvalue weighted by Crippen LogP contribution is 2.72. The molecule has 9 heteroatoms. The monoisotopic (exact) mass is 500 g/mol. The van der Waals surface area contributed by atoms with Gasteiger partial charge in [0, 0.05) is 30.1 Å². The molecule has 2 spiro atoms. The molecular formula is C27H32O9. The number of aliphatic hydroxyl groups excluding tert-OH is 1. The highest BCUT2D eigenvalue weighted by atomic mass is 16.7. The van der Waals surface area contributed by atoms with E-state index in [9.17, 15) is 19.5 Å². The summed E-state index contributed by atoms with van der Waals surface area (Å²) in [4.78, 5) is 37.4. The Morgan fingerprint density at radius 3 is 2.36 bits per heavy atom. The number of ether oxygens (including phenoxy) is 5. The molecule has 0 radical (unpaired) electrons. The highest BCUT2D eigenvalue weighted by molar-refractivity contribution is 5.85. The maximum absolute atomic E-state index is 12.8. The van der Waals surface area contributed by atoms with Crippen LogP contribution in [-0.4, -0.2) is 72.9 Å². The van der Waals surface area contributed by atoms with Crippen LogP contribution in [0.4, 0.5) is 0 Å². The molecule has 2 bridgehead atoms. The Balaban J connectivity index is 1.57. The van der Waals surface area contributed by atoms with Crippen LogP contribution in [0.2, 0.25) is 0 Å². The molecular weight excluding hydrogens is 468 g/mol. The number of carbonyl (C=O) groups is 3. The lowest BCUT2D eigenvalue weighted by Crippen LogP contribution is -2.66. The van der Waals surface area contributed by atoms with Crippen LogP contribution in [0.3, 0.4) is 0 Å². The predicted molar refractivity (Wildman–Crippen MR) is 125 cm³/mol. The van der Waals surface area contributed by atoms with Crippen LogP contribution in [0.25, 0.3) is 0 Å². The molecule has 9 nitrogen and oxygen atoms in total. The van der Waals surface area contributed by atoms with E-state index in [2.05, 4.69) is 0 Å². The lowest BCUT2D eigenvalue weighted by molar-refractivity contribution is -0.232. The SMILES string of the molecule is CC1=CC2OC3C(O)C4OC(=O)/C=C\C=C\C(=O)OCC/C(C)=C/C(=O)OCC2(CC1)C4(C)C31CO1. The van der Waals surface area contributed by atoms with Crippen LogP contribution in [0.1, 0.15) is 40.0 Å². The van der Waals surface area contributed by atoms with E-state index in [4.69, 9.17) is 23.7 Å². The molecule has 0 aromatic heterocycles. The second-order valence-electron chi connectivity index (χ2n) is 10.6. The molecule has 2 saturated heterocycles. The zero-order valence-electron chi connectivity index (χ0n) is 20.7. The van der Waals surface area contributed by atoms with Crippen molar-refractivity contribution in [1.29, 1.82) is 0 Å². The summed E-state index contributed by atoms with van der Waals surface area (Å²) >= 11 is 0. The largest absolute Gasteiger partial charge is 0.462 e. The maximum atomic E-state index is 12.8. The first-order chi connectivity index (χ1) is 17.1. The molecule has 194 valence electrons. The van der Waals surface area contributed by atoms with Gasteiger partial charge in [0.1, 0.15) is 30.5 Å². The number of allylic oxidation sites excluding steroid dienone is 3. The van der Waals surface area contributed by atoms with Crippen molar-refractivity contribution in [2.45, 2.75) is 70.1 Å². The Morgan fingerprint density at radius 1 is 0.917 bits per heavy atom. The molecule has 36 heavy (non-hydrogen) atoms. The van der Waals surface area contributed by atoms with E-state index >= 15 is 0 Å². The van der Waals surface area contributed by atoms with Gasteiger partial charge in [0.2, 0.25) is 0 Å². The van der Waals surface area contributed by atoms with Gasteiger partial charge in [0.25, 0.3) is 0 Å². The molecule has 1 saturated carbocycles. The number of carbonyl (C=O) groups excluding carboxylic acids is 3. The number of cyclic esters (lactones) is 2. The standard InChI is InChI=1S/C27H32O9/c1-16-8-10-26-14-33-21(30)13-17(2)9-11-32-19(28)6-4-5-7-20(29)36-23-22(31)24(35-18(26)12-16)27(15-34-27)25(23,26)3/h4-7,12-13,18,22-24,31H,8-11,14-15H2,1-3H3/b6-4+,7-5-,17-13+. The van der Waals surface area contributed by atoms with Crippen molar-refractivity contribution in [3.05, 3.63) is 47.6 Å². The van der Waals surface area contributed by atoms with Gasteiger partial charge in [-0.1, -0.05) is 36.3 Å².